The minimum atomic E-state index is 0.770. The second kappa shape index (κ2) is 6.17. The largest absolute Gasteiger partial charge is 0.493 e. The van der Waals surface area contributed by atoms with Crippen molar-refractivity contribution >= 4 is 27.5 Å². The molecule has 0 aliphatic carbocycles. The van der Waals surface area contributed by atoms with E-state index in [0.717, 1.165) is 41.4 Å². The van der Waals surface area contributed by atoms with E-state index in [9.17, 15) is 0 Å². The molecule has 0 fully saturated rings. The van der Waals surface area contributed by atoms with Crippen LogP contribution in [0, 0.1) is 0 Å². The second-order valence-electron chi connectivity index (χ2n) is 4.88. The first-order chi connectivity index (χ1) is 9.72. The maximum atomic E-state index is 5.88. The number of ether oxygens (including phenoxy) is 1. The first-order valence-electron chi connectivity index (χ1n) is 6.61. The molecule has 0 bridgehead atoms. The lowest BCUT2D eigenvalue weighted by Crippen LogP contribution is -2.13. The Labute approximate surface area is 132 Å². The third-order valence-corrected chi connectivity index (χ3v) is 4.09. The van der Waals surface area contributed by atoms with E-state index in [-0.39, 0.29) is 0 Å². The van der Waals surface area contributed by atoms with Gasteiger partial charge in [0.05, 0.1) is 6.61 Å². The lowest BCUT2D eigenvalue weighted by atomic mass is 10.1. The van der Waals surface area contributed by atoms with Gasteiger partial charge in [-0.05, 0) is 35.4 Å². The number of rotatable bonds is 4. The summed E-state index contributed by atoms with van der Waals surface area (Å²) in [6.45, 7) is 2.40. The molecule has 4 heteroatoms. The zero-order valence-corrected chi connectivity index (χ0v) is 13.3. The van der Waals surface area contributed by atoms with Crippen LogP contribution in [0.2, 0.25) is 5.02 Å². The van der Waals surface area contributed by atoms with Crippen molar-refractivity contribution in [1.29, 1.82) is 0 Å². The molecule has 0 aromatic heterocycles. The third-order valence-electron chi connectivity index (χ3n) is 3.38. The first kappa shape index (κ1) is 13.9. The van der Waals surface area contributed by atoms with Crippen LogP contribution in [-0.4, -0.2) is 6.61 Å². The summed E-state index contributed by atoms with van der Waals surface area (Å²) in [4.78, 5) is 0. The molecule has 0 spiro atoms. The maximum Gasteiger partial charge on any atom is 0.127 e. The predicted molar refractivity (Wildman–Crippen MR) is 85.3 cm³/mol. The smallest absolute Gasteiger partial charge is 0.127 e. The van der Waals surface area contributed by atoms with E-state index in [4.69, 9.17) is 16.3 Å². The monoisotopic (exact) mass is 351 g/mol. The quantitative estimate of drug-likeness (QED) is 0.884. The van der Waals surface area contributed by atoms with Gasteiger partial charge in [-0.2, -0.15) is 0 Å². The molecule has 0 unspecified atom stereocenters. The molecule has 2 aromatic rings. The molecule has 104 valence electrons. The molecule has 0 radical (unpaired) electrons. The van der Waals surface area contributed by atoms with Crippen LogP contribution in [0.25, 0.3) is 0 Å². The van der Waals surface area contributed by atoms with E-state index in [1.807, 2.05) is 24.3 Å². The van der Waals surface area contributed by atoms with E-state index in [2.05, 4.69) is 33.4 Å². The average molecular weight is 353 g/mol. The molecule has 0 atom stereocenters. The number of halogens is 2. The fourth-order valence-electron chi connectivity index (χ4n) is 2.42. The van der Waals surface area contributed by atoms with Gasteiger partial charge in [-0.15, -0.1) is 0 Å². The number of fused-ring (bicyclic) bond motifs is 1. The van der Waals surface area contributed by atoms with Gasteiger partial charge >= 0.3 is 0 Å². The van der Waals surface area contributed by atoms with Crippen LogP contribution in [0.3, 0.4) is 0 Å². The fourth-order valence-corrected chi connectivity index (χ4v) is 3.10. The molecule has 3 rings (SSSR count). The van der Waals surface area contributed by atoms with Gasteiger partial charge in [-0.3, -0.25) is 0 Å². The Hall–Kier alpha value is -1.03. The number of hydrogen-bond acceptors (Lipinski definition) is 2. The molecule has 1 heterocycles. The number of benzene rings is 2. The van der Waals surface area contributed by atoms with Gasteiger partial charge in [-0.1, -0.05) is 39.7 Å². The Morgan fingerprint density at radius 3 is 2.75 bits per heavy atom. The standard InChI is InChI=1S/C16H15BrClNO/c17-14-7-12-5-6-20-16(12)13(8-14)10-19-9-11-1-3-15(18)4-2-11/h1-4,7-8,19H,5-6,9-10H2. The fraction of sp³-hybridized carbons (Fsp3) is 0.250. The summed E-state index contributed by atoms with van der Waals surface area (Å²) in [6, 6.07) is 12.2. The van der Waals surface area contributed by atoms with Gasteiger partial charge in [0.15, 0.2) is 0 Å². The Bertz CT molecular complexity index is 613. The van der Waals surface area contributed by atoms with Crippen molar-refractivity contribution in [3.05, 3.63) is 62.6 Å². The van der Waals surface area contributed by atoms with Gasteiger partial charge in [0, 0.05) is 34.6 Å². The lowest BCUT2D eigenvalue weighted by Gasteiger charge is -2.10. The summed E-state index contributed by atoms with van der Waals surface area (Å²) in [5.74, 6) is 1.05. The predicted octanol–water partition coefficient (Wildman–Crippen LogP) is 4.33. The Kier molecular flexibility index (Phi) is 4.29. The first-order valence-corrected chi connectivity index (χ1v) is 7.79. The molecule has 1 aliphatic rings. The Balaban J connectivity index is 1.65. The van der Waals surface area contributed by atoms with Crippen molar-refractivity contribution in [2.45, 2.75) is 19.5 Å². The van der Waals surface area contributed by atoms with Crippen LogP contribution in [0.1, 0.15) is 16.7 Å². The van der Waals surface area contributed by atoms with E-state index in [0.29, 0.717) is 0 Å². The highest BCUT2D eigenvalue weighted by Crippen LogP contribution is 2.32. The molecule has 20 heavy (non-hydrogen) atoms. The Morgan fingerprint density at radius 1 is 1.15 bits per heavy atom. The zero-order valence-electron chi connectivity index (χ0n) is 11.0. The molecular weight excluding hydrogens is 338 g/mol. The van der Waals surface area contributed by atoms with Crippen LogP contribution in [-0.2, 0) is 19.5 Å². The van der Waals surface area contributed by atoms with Crippen LogP contribution in [0.4, 0.5) is 0 Å². The molecule has 0 saturated carbocycles. The second-order valence-corrected chi connectivity index (χ2v) is 6.23. The minimum Gasteiger partial charge on any atom is -0.493 e. The van der Waals surface area contributed by atoms with Gasteiger partial charge in [0.25, 0.3) is 0 Å². The topological polar surface area (TPSA) is 21.3 Å². The molecular formula is C16H15BrClNO. The van der Waals surface area contributed by atoms with Crippen molar-refractivity contribution in [3.63, 3.8) is 0 Å². The highest BCUT2D eigenvalue weighted by molar-refractivity contribution is 9.10. The van der Waals surface area contributed by atoms with Crippen LogP contribution in [0.15, 0.2) is 40.9 Å². The van der Waals surface area contributed by atoms with E-state index in [1.54, 1.807) is 0 Å². The summed E-state index contributed by atoms with van der Waals surface area (Å²) in [5.41, 5.74) is 3.73. The Morgan fingerprint density at radius 2 is 1.95 bits per heavy atom. The molecule has 1 N–H and O–H groups in total. The SMILES string of the molecule is Clc1ccc(CNCc2cc(Br)cc3c2OCC3)cc1. The highest BCUT2D eigenvalue weighted by Gasteiger charge is 2.16. The van der Waals surface area contributed by atoms with Crippen LogP contribution < -0.4 is 10.1 Å². The minimum absolute atomic E-state index is 0.770. The summed E-state index contributed by atoms with van der Waals surface area (Å²) >= 11 is 9.44. The normalized spacial score (nSPS) is 13.1. The van der Waals surface area contributed by atoms with Crippen LogP contribution in [0.5, 0.6) is 5.75 Å². The lowest BCUT2D eigenvalue weighted by molar-refractivity contribution is 0.352. The van der Waals surface area contributed by atoms with Gasteiger partial charge in [0.1, 0.15) is 5.75 Å². The number of hydrogen-bond donors (Lipinski definition) is 1. The van der Waals surface area contributed by atoms with Gasteiger partial charge in [-0.25, -0.2) is 0 Å². The van der Waals surface area contributed by atoms with Crippen molar-refractivity contribution in [2.24, 2.45) is 0 Å². The summed E-state index contributed by atoms with van der Waals surface area (Å²) in [7, 11) is 0. The highest BCUT2D eigenvalue weighted by atomic mass is 79.9. The van der Waals surface area contributed by atoms with Crippen LogP contribution >= 0.6 is 27.5 Å². The zero-order chi connectivity index (χ0) is 13.9. The summed E-state index contributed by atoms with van der Waals surface area (Å²) < 4.78 is 6.84. The maximum absolute atomic E-state index is 5.88. The van der Waals surface area contributed by atoms with Crippen molar-refractivity contribution in [2.75, 3.05) is 6.61 Å². The molecule has 2 nitrogen and oxygen atoms in total. The van der Waals surface area contributed by atoms with E-state index >= 15 is 0 Å². The molecule has 0 saturated heterocycles. The van der Waals surface area contributed by atoms with Crippen molar-refractivity contribution in [3.8, 4) is 5.75 Å². The molecule has 0 amide bonds. The average Bonchev–Trinajstić information content (AvgIpc) is 2.89. The number of nitrogens with one attached hydrogen (secondary N) is 1. The molecule has 2 aromatic carbocycles. The van der Waals surface area contributed by atoms with Gasteiger partial charge in [0.2, 0.25) is 0 Å². The van der Waals surface area contributed by atoms with E-state index in [1.165, 1.54) is 16.7 Å². The van der Waals surface area contributed by atoms with E-state index < -0.39 is 0 Å². The third kappa shape index (κ3) is 3.17. The van der Waals surface area contributed by atoms with Gasteiger partial charge < -0.3 is 10.1 Å². The summed E-state index contributed by atoms with van der Waals surface area (Å²) in [6.07, 6.45) is 0.999. The van der Waals surface area contributed by atoms with Crippen molar-refractivity contribution in [1.82, 2.24) is 5.32 Å². The van der Waals surface area contributed by atoms with Crippen molar-refractivity contribution < 1.29 is 4.74 Å². The summed E-state index contributed by atoms with van der Waals surface area (Å²) in [5, 5.41) is 4.22. The molecule has 1 aliphatic heterocycles.